The highest BCUT2D eigenvalue weighted by Gasteiger charge is 2.61. The molecule has 1 aliphatic rings. The molecule has 0 fully saturated rings. The number of halogens is 3. The van der Waals surface area contributed by atoms with Crippen LogP contribution in [-0.4, -0.2) is 40.7 Å². The van der Waals surface area contributed by atoms with E-state index in [9.17, 15) is 23.1 Å². The van der Waals surface area contributed by atoms with Gasteiger partial charge in [0.25, 0.3) is 11.6 Å². The first-order valence-electron chi connectivity index (χ1n) is 7.33. The van der Waals surface area contributed by atoms with E-state index < -0.39 is 30.8 Å². The second-order valence-corrected chi connectivity index (χ2v) is 6.59. The number of benzene rings is 1. The van der Waals surface area contributed by atoms with Crippen LogP contribution in [0.1, 0.15) is 32.8 Å². The van der Waals surface area contributed by atoms with Crippen LogP contribution in [0.3, 0.4) is 0 Å². The summed E-state index contributed by atoms with van der Waals surface area (Å²) < 4.78 is 43.9. The quantitative estimate of drug-likeness (QED) is 0.917. The minimum Gasteiger partial charge on any atom is -0.484 e. The number of amides is 1. The number of hydrogen-bond acceptors (Lipinski definition) is 4. The first-order valence-corrected chi connectivity index (χ1v) is 7.33. The normalized spacial score (nSPS) is 21.2. The average molecular weight is 344 g/mol. The van der Waals surface area contributed by atoms with E-state index in [1.165, 1.54) is 0 Å². The maximum atomic E-state index is 12.9. The Kier molecular flexibility index (Phi) is 4.63. The molecule has 2 rings (SSSR count). The molecular weight excluding hydrogens is 325 g/mol. The molecule has 0 bridgehead atoms. The van der Waals surface area contributed by atoms with Gasteiger partial charge < -0.3 is 9.84 Å². The van der Waals surface area contributed by atoms with Crippen molar-refractivity contribution < 1.29 is 27.8 Å². The molecule has 1 aromatic carbocycles. The molecular formula is C16H19F3N2O3. The second kappa shape index (κ2) is 6.08. The smallest absolute Gasteiger partial charge is 0.438 e. The van der Waals surface area contributed by atoms with Crippen LogP contribution in [0.5, 0.6) is 5.75 Å². The van der Waals surface area contributed by atoms with Crippen molar-refractivity contribution in [3.05, 3.63) is 29.8 Å². The minimum atomic E-state index is -5.01. The van der Waals surface area contributed by atoms with E-state index in [1.807, 2.05) is 32.9 Å². The molecule has 0 saturated carbocycles. The Hall–Kier alpha value is -2.09. The summed E-state index contributed by atoms with van der Waals surface area (Å²) in [6.07, 6.45) is -4.96. The number of ether oxygens (including phenoxy) is 1. The predicted molar refractivity (Wildman–Crippen MR) is 81.6 cm³/mol. The van der Waals surface area contributed by atoms with E-state index in [4.69, 9.17) is 4.74 Å². The van der Waals surface area contributed by atoms with Gasteiger partial charge in [-0.25, -0.2) is 0 Å². The Labute approximate surface area is 137 Å². The van der Waals surface area contributed by atoms with Crippen LogP contribution in [0.2, 0.25) is 0 Å². The Morgan fingerprint density at radius 1 is 1.29 bits per heavy atom. The van der Waals surface area contributed by atoms with Gasteiger partial charge in [-0.05, 0) is 23.1 Å². The lowest BCUT2D eigenvalue weighted by atomic mass is 9.87. The number of hydrazone groups is 1. The second-order valence-electron chi connectivity index (χ2n) is 6.59. The zero-order valence-electron chi connectivity index (χ0n) is 13.6. The van der Waals surface area contributed by atoms with Crippen molar-refractivity contribution in [3.63, 3.8) is 0 Å². The summed E-state index contributed by atoms with van der Waals surface area (Å²) in [7, 11) is 0. The SMILES string of the molecule is CC(C)(C)c1ccc(OCC(=O)N2N=CC[C@@]2(O)C(F)(F)F)cc1. The lowest BCUT2D eigenvalue weighted by molar-refractivity contribution is -0.302. The molecule has 132 valence electrons. The highest BCUT2D eigenvalue weighted by molar-refractivity contribution is 5.81. The number of nitrogens with zero attached hydrogens (tertiary/aromatic N) is 2. The van der Waals surface area contributed by atoms with E-state index in [0.717, 1.165) is 11.8 Å². The van der Waals surface area contributed by atoms with E-state index >= 15 is 0 Å². The van der Waals surface area contributed by atoms with Gasteiger partial charge >= 0.3 is 6.18 Å². The fourth-order valence-corrected chi connectivity index (χ4v) is 2.20. The zero-order chi connectivity index (χ0) is 18.2. The predicted octanol–water partition coefficient (Wildman–Crippen LogP) is 2.83. The molecule has 5 nitrogen and oxygen atoms in total. The Morgan fingerprint density at radius 3 is 2.38 bits per heavy atom. The standard InChI is InChI=1S/C16H19F3N2O3/c1-14(2,3)11-4-6-12(7-5-11)24-10-13(22)21-15(23,8-9-20-21)16(17,18)19/h4-7,9,23H,8,10H2,1-3H3/t15-/m1/s1. The number of alkyl halides is 3. The molecule has 1 aromatic rings. The Bertz CT molecular complexity index is 635. The molecule has 1 aliphatic heterocycles. The van der Waals surface area contributed by atoms with Gasteiger partial charge in [-0.1, -0.05) is 32.9 Å². The summed E-state index contributed by atoms with van der Waals surface area (Å²) in [6.45, 7) is 5.45. The van der Waals surface area contributed by atoms with Crippen LogP contribution < -0.4 is 4.74 Å². The van der Waals surface area contributed by atoms with E-state index in [1.54, 1.807) is 12.1 Å². The third-order valence-electron chi connectivity index (χ3n) is 3.70. The Balaban J connectivity index is 2.02. The molecule has 0 aliphatic carbocycles. The molecule has 24 heavy (non-hydrogen) atoms. The third-order valence-corrected chi connectivity index (χ3v) is 3.70. The first kappa shape index (κ1) is 18.3. The lowest BCUT2D eigenvalue weighted by Crippen LogP contribution is -2.57. The van der Waals surface area contributed by atoms with Crippen molar-refractivity contribution >= 4 is 12.1 Å². The fourth-order valence-electron chi connectivity index (χ4n) is 2.20. The van der Waals surface area contributed by atoms with E-state index in [0.29, 0.717) is 5.75 Å². The van der Waals surface area contributed by atoms with Crippen molar-refractivity contribution in [2.24, 2.45) is 5.10 Å². The molecule has 1 heterocycles. The molecule has 0 spiro atoms. The van der Waals surface area contributed by atoms with Gasteiger partial charge in [-0.3, -0.25) is 4.79 Å². The summed E-state index contributed by atoms with van der Waals surface area (Å²) >= 11 is 0. The van der Waals surface area contributed by atoms with Crippen LogP contribution in [0.25, 0.3) is 0 Å². The molecule has 0 saturated heterocycles. The summed E-state index contributed by atoms with van der Waals surface area (Å²) in [4.78, 5) is 11.9. The number of carbonyl (C=O) groups is 1. The van der Waals surface area contributed by atoms with Crippen molar-refractivity contribution in [2.45, 2.75) is 44.5 Å². The van der Waals surface area contributed by atoms with Gasteiger partial charge in [0, 0.05) is 12.6 Å². The fraction of sp³-hybridized carbons (Fsp3) is 0.500. The number of carbonyl (C=O) groups excluding carboxylic acids is 1. The molecule has 0 unspecified atom stereocenters. The first-order chi connectivity index (χ1) is 10.9. The van der Waals surface area contributed by atoms with Crippen molar-refractivity contribution in [1.82, 2.24) is 5.01 Å². The summed E-state index contributed by atoms with van der Waals surface area (Å²) in [5.74, 6) is -0.737. The van der Waals surface area contributed by atoms with Gasteiger partial charge in [-0.15, -0.1) is 0 Å². The number of hydrogen-bond donors (Lipinski definition) is 1. The van der Waals surface area contributed by atoms with Crippen molar-refractivity contribution in [2.75, 3.05) is 6.61 Å². The molecule has 0 aromatic heterocycles. The summed E-state index contributed by atoms with van der Waals surface area (Å²) in [5.41, 5.74) is -2.32. The van der Waals surface area contributed by atoms with Gasteiger partial charge in [0.15, 0.2) is 6.61 Å². The van der Waals surface area contributed by atoms with Gasteiger partial charge in [0.2, 0.25) is 0 Å². The van der Waals surface area contributed by atoms with Crippen molar-refractivity contribution in [3.8, 4) is 5.75 Å². The third kappa shape index (κ3) is 3.53. The largest absolute Gasteiger partial charge is 0.484 e. The summed E-state index contributed by atoms with van der Waals surface area (Å²) in [5, 5.41) is 13.0. The average Bonchev–Trinajstić information content (AvgIpc) is 2.87. The van der Waals surface area contributed by atoms with Crippen LogP contribution in [0, 0.1) is 0 Å². The highest BCUT2D eigenvalue weighted by Crippen LogP contribution is 2.38. The lowest BCUT2D eigenvalue weighted by Gasteiger charge is -2.32. The van der Waals surface area contributed by atoms with Crippen molar-refractivity contribution in [1.29, 1.82) is 0 Å². The monoisotopic (exact) mass is 344 g/mol. The molecule has 0 radical (unpaired) electrons. The van der Waals surface area contributed by atoms with Gasteiger partial charge in [0.05, 0.1) is 0 Å². The molecule has 1 N–H and O–H groups in total. The Morgan fingerprint density at radius 2 is 1.88 bits per heavy atom. The van der Waals surface area contributed by atoms with Crippen LogP contribution in [0.15, 0.2) is 29.4 Å². The topological polar surface area (TPSA) is 62.1 Å². The van der Waals surface area contributed by atoms with Crippen LogP contribution in [-0.2, 0) is 10.2 Å². The number of aliphatic hydroxyl groups is 1. The summed E-state index contributed by atoms with van der Waals surface area (Å²) in [6, 6.07) is 6.91. The van der Waals surface area contributed by atoms with Gasteiger partial charge in [-0.2, -0.15) is 23.3 Å². The van der Waals surface area contributed by atoms with Crippen LogP contribution >= 0.6 is 0 Å². The maximum absolute atomic E-state index is 12.9. The van der Waals surface area contributed by atoms with E-state index in [-0.39, 0.29) is 10.4 Å². The molecule has 8 heteroatoms. The van der Waals surface area contributed by atoms with Crippen LogP contribution in [0.4, 0.5) is 13.2 Å². The number of rotatable bonds is 3. The zero-order valence-corrected chi connectivity index (χ0v) is 13.6. The maximum Gasteiger partial charge on any atom is 0.438 e. The minimum absolute atomic E-state index is 0.0243. The molecule has 1 amide bonds. The van der Waals surface area contributed by atoms with E-state index in [2.05, 4.69) is 5.10 Å². The highest BCUT2D eigenvalue weighted by atomic mass is 19.4. The van der Waals surface area contributed by atoms with Gasteiger partial charge in [0.1, 0.15) is 5.75 Å². The molecule has 1 atom stereocenters.